The molecular formula is C15H16N4O4. The minimum absolute atomic E-state index is 0.0102. The highest BCUT2D eigenvalue weighted by Gasteiger charge is 2.24. The zero-order chi connectivity index (χ0) is 16.1. The third kappa shape index (κ3) is 4.06. The van der Waals surface area contributed by atoms with Crippen LogP contribution in [-0.4, -0.2) is 28.5 Å². The Morgan fingerprint density at radius 2 is 2.43 bits per heavy atom. The highest BCUT2D eigenvalue weighted by molar-refractivity contribution is 5.91. The van der Waals surface area contributed by atoms with Gasteiger partial charge in [0.15, 0.2) is 5.82 Å². The monoisotopic (exact) mass is 316 g/mol. The molecule has 0 spiro atoms. The first-order valence-corrected chi connectivity index (χ1v) is 7.29. The molecule has 23 heavy (non-hydrogen) atoms. The van der Waals surface area contributed by atoms with Gasteiger partial charge in [0.05, 0.1) is 12.8 Å². The van der Waals surface area contributed by atoms with Crippen LogP contribution in [0.25, 0.3) is 6.08 Å². The van der Waals surface area contributed by atoms with E-state index in [1.54, 1.807) is 18.2 Å². The molecule has 120 valence electrons. The molecule has 2 aromatic heterocycles. The molecule has 2 N–H and O–H groups in total. The van der Waals surface area contributed by atoms with E-state index in [1.165, 1.54) is 12.3 Å². The Bertz CT molecular complexity index is 705. The van der Waals surface area contributed by atoms with Crippen LogP contribution in [0.15, 0.2) is 33.4 Å². The van der Waals surface area contributed by atoms with Crippen molar-refractivity contribution in [3.8, 4) is 0 Å². The second kappa shape index (κ2) is 6.91. The van der Waals surface area contributed by atoms with Crippen LogP contribution in [0.5, 0.6) is 0 Å². The van der Waals surface area contributed by atoms with Gasteiger partial charge < -0.3 is 19.6 Å². The number of carbonyl (C=O) groups excluding carboxylic acids is 2. The summed E-state index contributed by atoms with van der Waals surface area (Å²) in [7, 11) is 0. The largest absolute Gasteiger partial charge is 0.465 e. The Hall–Kier alpha value is -2.90. The smallest absolute Gasteiger partial charge is 0.246 e. The van der Waals surface area contributed by atoms with E-state index in [0.29, 0.717) is 30.4 Å². The molecule has 2 aromatic rings. The van der Waals surface area contributed by atoms with Crippen LogP contribution in [0.1, 0.15) is 36.2 Å². The van der Waals surface area contributed by atoms with Crippen LogP contribution >= 0.6 is 0 Å². The minimum Gasteiger partial charge on any atom is -0.465 e. The molecule has 8 heteroatoms. The highest BCUT2D eigenvalue weighted by atomic mass is 16.5. The van der Waals surface area contributed by atoms with Gasteiger partial charge in [-0.2, -0.15) is 4.98 Å². The van der Waals surface area contributed by atoms with Crippen molar-refractivity contribution in [3.63, 3.8) is 0 Å². The Morgan fingerprint density at radius 3 is 3.22 bits per heavy atom. The van der Waals surface area contributed by atoms with E-state index in [-0.39, 0.29) is 24.3 Å². The summed E-state index contributed by atoms with van der Waals surface area (Å²) in [6.45, 7) is 0.745. The van der Waals surface area contributed by atoms with Crippen molar-refractivity contribution in [2.75, 3.05) is 6.54 Å². The number of furan rings is 1. The molecule has 0 radical (unpaired) electrons. The normalized spacial score (nSPS) is 18.1. The molecule has 0 aromatic carbocycles. The standard InChI is InChI=1S/C15H16N4O4/c20-12(4-3-11-2-1-7-22-11)17-9-14-18-15(19-23-14)10-5-6-16-13(21)8-10/h1-4,7,10H,5-6,8-9H2,(H,16,21)(H,17,20)/b4-3+. The van der Waals surface area contributed by atoms with Gasteiger partial charge in [-0.15, -0.1) is 0 Å². The lowest BCUT2D eigenvalue weighted by Gasteiger charge is -2.18. The molecule has 1 saturated heterocycles. The van der Waals surface area contributed by atoms with Crippen LogP contribution in [0.4, 0.5) is 0 Å². The molecule has 0 bridgehead atoms. The first kappa shape index (κ1) is 15.0. The van der Waals surface area contributed by atoms with Gasteiger partial charge in [-0.25, -0.2) is 0 Å². The maximum absolute atomic E-state index is 11.7. The van der Waals surface area contributed by atoms with E-state index in [0.717, 1.165) is 6.42 Å². The number of nitrogens with zero attached hydrogens (tertiary/aromatic N) is 2. The van der Waals surface area contributed by atoms with Crippen LogP contribution in [0, 0.1) is 0 Å². The summed E-state index contributed by atoms with van der Waals surface area (Å²) in [6.07, 6.45) is 5.60. The highest BCUT2D eigenvalue weighted by Crippen LogP contribution is 2.22. The van der Waals surface area contributed by atoms with Crippen molar-refractivity contribution < 1.29 is 18.5 Å². The van der Waals surface area contributed by atoms with Crippen molar-refractivity contribution in [2.45, 2.75) is 25.3 Å². The van der Waals surface area contributed by atoms with Gasteiger partial charge in [0.2, 0.25) is 17.7 Å². The molecular weight excluding hydrogens is 300 g/mol. The zero-order valence-corrected chi connectivity index (χ0v) is 12.3. The second-order valence-electron chi connectivity index (χ2n) is 5.15. The zero-order valence-electron chi connectivity index (χ0n) is 12.3. The van der Waals surface area contributed by atoms with Gasteiger partial charge in [-0.05, 0) is 24.6 Å². The number of rotatable bonds is 5. The lowest BCUT2D eigenvalue weighted by Crippen LogP contribution is -2.32. The molecule has 3 rings (SSSR count). The maximum atomic E-state index is 11.7. The van der Waals surface area contributed by atoms with E-state index in [2.05, 4.69) is 20.8 Å². The van der Waals surface area contributed by atoms with Crippen molar-refractivity contribution in [3.05, 3.63) is 41.9 Å². The number of hydrogen-bond acceptors (Lipinski definition) is 6. The molecule has 0 aliphatic carbocycles. The Labute approximate surface area is 131 Å². The third-order valence-corrected chi connectivity index (χ3v) is 3.45. The van der Waals surface area contributed by atoms with Crippen molar-refractivity contribution >= 4 is 17.9 Å². The predicted octanol–water partition coefficient (Wildman–Crippen LogP) is 0.986. The first-order chi connectivity index (χ1) is 11.2. The SMILES string of the molecule is O=C(/C=C/c1ccco1)NCc1nc(C2CCNC(=O)C2)no1. The molecule has 3 heterocycles. The number of hydrogen-bond donors (Lipinski definition) is 2. The fourth-order valence-corrected chi connectivity index (χ4v) is 2.28. The van der Waals surface area contributed by atoms with E-state index < -0.39 is 0 Å². The number of carbonyl (C=O) groups is 2. The van der Waals surface area contributed by atoms with Crippen LogP contribution < -0.4 is 10.6 Å². The summed E-state index contributed by atoms with van der Waals surface area (Å²) in [5.41, 5.74) is 0. The Balaban J connectivity index is 1.51. The molecule has 1 atom stereocenters. The third-order valence-electron chi connectivity index (χ3n) is 3.45. The lowest BCUT2D eigenvalue weighted by atomic mass is 9.97. The molecule has 1 aliphatic rings. The van der Waals surface area contributed by atoms with Crippen LogP contribution in [-0.2, 0) is 16.1 Å². The summed E-state index contributed by atoms with van der Waals surface area (Å²) in [5, 5.41) is 9.29. The summed E-state index contributed by atoms with van der Waals surface area (Å²) in [6, 6.07) is 3.48. The van der Waals surface area contributed by atoms with E-state index in [1.807, 2.05) is 0 Å². The number of aromatic nitrogens is 2. The molecule has 1 fully saturated rings. The van der Waals surface area contributed by atoms with Gasteiger partial charge in [0, 0.05) is 25.0 Å². The summed E-state index contributed by atoms with van der Waals surface area (Å²) < 4.78 is 10.2. The quantitative estimate of drug-likeness (QED) is 0.796. The second-order valence-corrected chi connectivity index (χ2v) is 5.15. The number of piperidine rings is 1. The summed E-state index contributed by atoms with van der Waals surface area (Å²) in [4.78, 5) is 27.3. The van der Waals surface area contributed by atoms with Gasteiger partial charge >= 0.3 is 0 Å². The van der Waals surface area contributed by atoms with E-state index in [4.69, 9.17) is 8.94 Å². The van der Waals surface area contributed by atoms with Gasteiger partial charge in [-0.3, -0.25) is 9.59 Å². The number of amides is 2. The number of nitrogens with one attached hydrogen (secondary N) is 2. The average Bonchev–Trinajstić information content (AvgIpc) is 3.22. The van der Waals surface area contributed by atoms with Crippen LogP contribution in [0.2, 0.25) is 0 Å². The fourth-order valence-electron chi connectivity index (χ4n) is 2.28. The average molecular weight is 316 g/mol. The van der Waals surface area contributed by atoms with Crippen molar-refractivity contribution in [1.82, 2.24) is 20.8 Å². The van der Waals surface area contributed by atoms with E-state index in [9.17, 15) is 9.59 Å². The Kier molecular flexibility index (Phi) is 4.51. The van der Waals surface area contributed by atoms with Gasteiger partial charge in [0.1, 0.15) is 5.76 Å². The maximum Gasteiger partial charge on any atom is 0.246 e. The Morgan fingerprint density at radius 1 is 1.52 bits per heavy atom. The summed E-state index contributed by atoms with van der Waals surface area (Å²) >= 11 is 0. The predicted molar refractivity (Wildman–Crippen MR) is 78.9 cm³/mol. The van der Waals surface area contributed by atoms with Crippen molar-refractivity contribution in [1.29, 1.82) is 0 Å². The van der Waals surface area contributed by atoms with Gasteiger partial charge in [0.25, 0.3) is 0 Å². The van der Waals surface area contributed by atoms with Gasteiger partial charge in [-0.1, -0.05) is 5.16 Å². The topological polar surface area (TPSA) is 110 Å². The fraction of sp³-hybridized carbons (Fsp3) is 0.333. The first-order valence-electron chi connectivity index (χ1n) is 7.29. The summed E-state index contributed by atoms with van der Waals surface area (Å²) in [5.74, 6) is 1.08. The molecule has 2 amide bonds. The van der Waals surface area contributed by atoms with Crippen molar-refractivity contribution in [2.24, 2.45) is 0 Å². The van der Waals surface area contributed by atoms with E-state index >= 15 is 0 Å². The lowest BCUT2D eigenvalue weighted by molar-refractivity contribution is -0.122. The minimum atomic E-state index is -0.293. The van der Waals surface area contributed by atoms with Crippen LogP contribution in [0.3, 0.4) is 0 Å². The molecule has 8 nitrogen and oxygen atoms in total. The molecule has 1 unspecified atom stereocenters. The molecule has 0 saturated carbocycles. The molecule has 1 aliphatic heterocycles.